The zero-order chi connectivity index (χ0) is 14.2. The monoisotopic (exact) mass is 316 g/mol. The fraction of sp³-hybridized carbons (Fsp3) is 0.462. The van der Waals surface area contributed by atoms with Crippen molar-refractivity contribution < 1.29 is 4.55 Å². The SMILES string of the molecule is CC(N[S@@+]([O-])C(C)(C)C)c1nc2cc(Cl)ccc2s1. The van der Waals surface area contributed by atoms with Crippen LogP contribution in [0.15, 0.2) is 18.2 Å². The highest BCUT2D eigenvalue weighted by Crippen LogP contribution is 2.29. The van der Waals surface area contributed by atoms with Crippen molar-refractivity contribution in [2.45, 2.75) is 38.5 Å². The number of thiazole rings is 1. The van der Waals surface area contributed by atoms with Gasteiger partial charge in [0.1, 0.15) is 15.8 Å². The van der Waals surface area contributed by atoms with Crippen LogP contribution in [-0.4, -0.2) is 14.3 Å². The van der Waals surface area contributed by atoms with Gasteiger partial charge in [-0.25, -0.2) is 4.98 Å². The Kier molecular flexibility index (Phi) is 4.42. The van der Waals surface area contributed by atoms with E-state index in [1.165, 1.54) is 0 Å². The van der Waals surface area contributed by atoms with E-state index in [-0.39, 0.29) is 10.8 Å². The molecule has 1 heterocycles. The Morgan fingerprint density at radius 2 is 2.11 bits per heavy atom. The van der Waals surface area contributed by atoms with Crippen LogP contribution in [0.1, 0.15) is 38.7 Å². The fourth-order valence-electron chi connectivity index (χ4n) is 1.49. The van der Waals surface area contributed by atoms with E-state index >= 15 is 0 Å². The average molecular weight is 317 g/mol. The van der Waals surface area contributed by atoms with Gasteiger partial charge in [0.15, 0.2) is 0 Å². The van der Waals surface area contributed by atoms with Crippen LogP contribution in [0.4, 0.5) is 0 Å². The summed E-state index contributed by atoms with van der Waals surface area (Å²) in [6.07, 6.45) is 0. The molecule has 2 atom stereocenters. The molecule has 1 unspecified atom stereocenters. The van der Waals surface area contributed by atoms with Crippen LogP contribution in [0.5, 0.6) is 0 Å². The highest BCUT2D eigenvalue weighted by Gasteiger charge is 2.29. The molecule has 104 valence electrons. The van der Waals surface area contributed by atoms with Gasteiger partial charge < -0.3 is 4.55 Å². The molecule has 19 heavy (non-hydrogen) atoms. The summed E-state index contributed by atoms with van der Waals surface area (Å²) in [7, 11) is 0. The van der Waals surface area contributed by atoms with E-state index in [1.807, 2.05) is 45.9 Å². The molecule has 3 nitrogen and oxygen atoms in total. The van der Waals surface area contributed by atoms with Crippen molar-refractivity contribution in [1.29, 1.82) is 0 Å². The lowest BCUT2D eigenvalue weighted by Gasteiger charge is -2.25. The molecule has 0 saturated carbocycles. The fourth-order valence-corrected chi connectivity index (χ4v) is 3.47. The van der Waals surface area contributed by atoms with E-state index in [4.69, 9.17) is 11.6 Å². The molecule has 1 aromatic heterocycles. The van der Waals surface area contributed by atoms with Crippen molar-refractivity contribution in [2.75, 3.05) is 0 Å². The molecule has 0 aliphatic heterocycles. The molecule has 2 aromatic rings. The smallest absolute Gasteiger partial charge is 0.136 e. The second-order valence-corrected chi connectivity index (χ2v) is 8.88. The first-order valence-electron chi connectivity index (χ1n) is 6.01. The van der Waals surface area contributed by atoms with Crippen LogP contribution in [0.25, 0.3) is 10.2 Å². The van der Waals surface area contributed by atoms with Crippen molar-refractivity contribution in [3.05, 3.63) is 28.2 Å². The predicted molar refractivity (Wildman–Crippen MR) is 84.1 cm³/mol. The minimum absolute atomic E-state index is 0.0452. The third-order valence-electron chi connectivity index (χ3n) is 2.58. The number of benzene rings is 1. The Hall–Kier alpha value is -0.330. The highest BCUT2D eigenvalue weighted by molar-refractivity contribution is 7.90. The average Bonchev–Trinajstić information content (AvgIpc) is 2.70. The number of halogens is 1. The van der Waals surface area contributed by atoms with Crippen molar-refractivity contribution in [1.82, 2.24) is 9.71 Å². The zero-order valence-electron chi connectivity index (χ0n) is 11.4. The molecule has 2 rings (SSSR count). The Morgan fingerprint density at radius 1 is 1.42 bits per heavy atom. The molecule has 0 aliphatic rings. The quantitative estimate of drug-likeness (QED) is 0.869. The topological polar surface area (TPSA) is 48.0 Å². The van der Waals surface area contributed by atoms with Crippen LogP contribution in [0.2, 0.25) is 5.02 Å². The number of hydrogen-bond donors (Lipinski definition) is 1. The van der Waals surface area contributed by atoms with Gasteiger partial charge in [-0.15, -0.1) is 16.1 Å². The Morgan fingerprint density at radius 3 is 2.74 bits per heavy atom. The van der Waals surface area contributed by atoms with E-state index in [9.17, 15) is 4.55 Å². The van der Waals surface area contributed by atoms with Gasteiger partial charge >= 0.3 is 0 Å². The van der Waals surface area contributed by atoms with Crippen LogP contribution in [0, 0.1) is 0 Å². The summed E-state index contributed by atoms with van der Waals surface area (Å²) < 4.78 is 16.0. The molecule has 0 aliphatic carbocycles. The van der Waals surface area contributed by atoms with Crippen molar-refractivity contribution in [2.24, 2.45) is 0 Å². The second-order valence-electron chi connectivity index (χ2n) is 5.38. The van der Waals surface area contributed by atoms with E-state index in [0.717, 1.165) is 15.2 Å². The molecule has 0 bridgehead atoms. The Balaban J connectivity index is 2.20. The second kappa shape index (κ2) is 5.58. The summed E-state index contributed by atoms with van der Waals surface area (Å²) in [5, 5.41) is 1.61. The van der Waals surface area contributed by atoms with Gasteiger partial charge in [0.25, 0.3) is 0 Å². The number of nitrogens with zero attached hydrogens (tertiary/aromatic N) is 1. The molecule has 1 N–H and O–H groups in total. The van der Waals surface area contributed by atoms with Gasteiger partial charge in [0, 0.05) is 16.4 Å². The van der Waals surface area contributed by atoms with E-state index in [0.29, 0.717) is 5.02 Å². The minimum atomic E-state index is -1.10. The largest absolute Gasteiger partial charge is 0.598 e. The van der Waals surface area contributed by atoms with Crippen molar-refractivity contribution >= 4 is 44.5 Å². The van der Waals surface area contributed by atoms with Crippen LogP contribution in [0.3, 0.4) is 0 Å². The Labute approximate surface area is 125 Å². The molecule has 0 saturated heterocycles. The Bertz CT molecular complexity index is 580. The molecule has 6 heteroatoms. The maximum absolute atomic E-state index is 12.1. The molecule has 0 fully saturated rings. The van der Waals surface area contributed by atoms with Crippen molar-refractivity contribution in [3.8, 4) is 0 Å². The molecule has 1 aromatic carbocycles. The van der Waals surface area contributed by atoms with Gasteiger partial charge in [-0.3, -0.25) is 0 Å². The number of hydrogen-bond acceptors (Lipinski definition) is 4. The van der Waals surface area contributed by atoms with E-state index in [2.05, 4.69) is 9.71 Å². The molecular weight excluding hydrogens is 300 g/mol. The maximum Gasteiger partial charge on any atom is 0.136 e. The summed E-state index contributed by atoms with van der Waals surface area (Å²) in [6, 6.07) is 5.63. The highest BCUT2D eigenvalue weighted by atomic mass is 35.5. The maximum atomic E-state index is 12.1. The molecular formula is C13H17ClN2OS2. The first kappa shape index (κ1) is 15.1. The van der Waals surface area contributed by atoms with Crippen LogP contribution >= 0.6 is 22.9 Å². The van der Waals surface area contributed by atoms with Gasteiger partial charge in [0.2, 0.25) is 0 Å². The summed E-state index contributed by atoms with van der Waals surface area (Å²) in [5.74, 6) is 0. The lowest BCUT2D eigenvalue weighted by Crippen LogP contribution is -2.40. The standard InChI is InChI=1S/C13H17ClN2OS2/c1-8(16-19(17)13(2,3)4)12-15-10-7-9(14)5-6-11(10)18-12/h5-8,16H,1-4H3/t8?,19-/m0/s1. The lowest BCUT2D eigenvalue weighted by atomic mass is 10.3. The zero-order valence-corrected chi connectivity index (χ0v) is 13.7. The molecule has 0 spiro atoms. The molecule has 0 amide bonds. The van der Waals surface area contributed by atoms with Crippen molar-refractivity contribution in [3.63, 3.8) is 0 Å². The van der Waals surface area contributed by atoms with Gasteiger partial charge in [-0.2, -0.15) is 0 Å². The third kappa shape index (κ3) is 3.61. The van der Waals surface area contributed by atoms with Gasteiger partial charge in [-0.05, 0) is 45.9 Å². The first-order valence-corrected chi connectivity index (χ1v) is 8.36. The van der Waals surface area contributed by atoms with Crippen LogP contribution in [-0.2, 0) is 11.4 Å². The number of nitrogens with one attached hydrogen (secondary N) is 1. The van der Waals surface area contributed by atoms with Gasteiger partial charge in [0.05, 0.1) is 10.2 Å². The lowest BCUT2D eigenvalue weighted by molar-refractivity contribution is 0.531. The van der Waals surface area contributed by atoms with Crippen LogP contribution < -0.4 is 4.72 Å². The van der Waals surface area contributed by atoms with E-state index < -0.39 is 11.4 Å². The van der Waals surface area contributed by atoms with Gasteiger partial charge in [-0.1, -0.05) is 11.6 Å². The summed E-state index contributed by atoms with van der Waals surface area (Å²) in [4.78, 5) is 4.55. The third-order valence-corrected chi connectivity index (χ3v) is 5.71. The minimum Gasteiger partial charge on any atom is -0.598 e. The summed E-state index contributed by atoms with van der Waals surface area (Å²) >= 11 is 6.45. The molecule has 0 radical (unpaired) electrons. The van der Waals surface area contributed by atoms with E-state index in [1.54, 1.807) is 11.3 Å². The number of fused-ring (bicyclic) bond motifs is 1. The summed E-state index contributed by atoms with van der Waals surface area (Å²) in [6.45, 7) is 7.81. The first-order chi connectivity index (χ1) is 8.77. The normalized spacial score (nSPS) is 15.7. The number of aromatic nitrogens is 1. The summed E-state index contributed by atoms with van der Waals surface area (Å²) in [5.41, 5.74) is 0.891. The predicted octanol–water partition coefficient (Wildman–Crippen LogP) is 4.06. The number of rotatable bonds is 3.